The van der Waals surface area contributed by atoms with Gasteiger partial charge in [0.25, 0.3) is 0 Å². The minimum absolute atomic E-state index is 0.346. The van der Waals surface area contributed by atoms with E-state index in [1.54, 1.807) is 6.20 Å². The van der Waals surface area contributed by atoms with Gasteiger partial charge in [-0.05, 0) is 12.0 Å². The van der Waals surface area contributed by atoms with E-state index < -0.39 is 5.60 Å². The van der Waals surface area contributed by atoms with Gasteiger partial charge < -0.3 is 5.11 Å². The van der Waals surface area contributed by atoms with E-state index in [9.17, 15) is 5.11 Å². The molecular weight excluding hydrogens is 190 g/mol. The smallest absolute Gasteiger partial charge is 0.0922 e. The second-order valence-corrected chi connectivity index (χ2v) is 4.74. The van der Waals surface area contributed by atoms with Crippen molar-refractivity contribution >= 4 is 0 Å². The van der Waals surface area contributed by atoms with Crippen molar-refractivity contribution in [1.29, 1.82) is 0 Å². The lowest BCUT2D eigenvalue weighted by molar-refractivity contribution is -0.128. The number of aliphatic hydroxyl groups is 1. The van der Waals surface area contributed by atoms with Crippen LogP contribution in [0.4, 0.5) is 0 Å². The van der Waals surface area contributed by atoms with E-state index >= 15 is 0 Å². The maximum atomic E-state index is 10.1. The molecule has 0 bridgehead atoms. The molecule has 2 rings (SSSR count). The van der Waals surface area contributed by atoms with Gasteiger partial charge in [-0.2, -0.15) is 5.10 Å². The number of aromatic nitrogens is 2. The monoisotopic (exact) mass is 209 g/mol. The summed E-state index contributed by atoms with van der Waals surface area (Å²) in [6.07, 6.45) is 3.76. The summed E-state index contributed by atoms with van der Waals surface area (Å²) in [4.78, 5) is 2.27. The Balaban J connectivity index is 1.72. The molecule has 1 aromatic rings. The summed E-state index contributed by atoms with van der Waals surface area (Å²) in [5.41, 5.74) is -0.454. The Labute approximate surface area is 90.5 Å². The molecule has 2 heterocycles. The molecular formula is C11H19N3O. The summed E-state index contributed by atoms with van der Waals surface area (Å²) in [6.45, 7) is 7.62. The molecule has 15 heavy (non-hydrogen) atoms. The summed E-state index contributed by atoms with van der Waals surface area (Å²) in [7, 11) is 0. The van der Waals surface area contributed by atoms with Gasteiger partial charge in [-0.25, -0.2) is 0 Å². The van der Waals surface area contributed by atoms with E-state index in [1.807, 2.05) is 16.9 Å². The van der Waals surface area contributed by atoms with E-state index in [2.05, 4.69) is 23.8 Å². The van der Waals surface area contributed by atoms with Crippen LogP contribution in [0.25, 0.3) is 0 Å². The van der Waals surface area contributed by atoms with Crippen molar-refractivity contribution in [2.24, 2.45) is 5.92 Å². The maximum Gasteiger partial charge on any atom is 0.0922 e. The molecule has 0 amide bonds. The summed E-state index contributed by atoms with van der Waals surface area (Å²) in [5, 5.41) is 14.2. The summed E-state index contributed by atoms with van der Waals surface area (Å²) >= 11 is 0. The fraction of sp³-hybridized carbons (Fsp3) is 0.727. The van der Waals surface area contributed by atoms with Crippen molar-refractivity contribution in [1.82, 2.24) is 14.7 Å². The highest BCUT2D eigenvalue weighted by atomic mass is 16.3. The fourth-order valence-electron chi connectivity index (χ4n) is 1.93. The van der Waals surface area contributed by atoms with Crippen LogP contribution < -0.4 is 0 Å². The van der Waals surface area contributed by atoms with Crippen molar-refractivity contribution in [2.45, 2.75) is 26.0 Å². The quantitative estimate of drug-likeness (QED) is 0.789. The molecule has 0 radical (unpaired) electrons. The molecule has 0 spiro atoms. The van der Waals surface area contributed by atoms with Gasteiger partial charge >= 0.3 is 0 Å². The molecule has 4 heteroatoms. The predicted octanol–water partition coefficient (Wildman–Crippen LogP) is 0.586. The molecule has 0 aromatic carbocycles. The van der Waals surface area contributed by atoms with Gasteiger partial charge in [0.2, 0.25) is 0 Å². The highest BCUT2D eigenvalue weighted by Crippen LogP contribution is 2.27. The van der Waals surface area contributed by atoms with Crippen molar-refractivity contribution in [3.05, 3.63) is 18.5 Å². The second kappa shape index (κ2) is 3.94. The van der Waals surface area contributed by atoms with Crippen LogP contribution >= 0.6 is 0 Å². The van der Waals surface area contributed by atoms with Gasteiger partial charge in [-0.3, -0.25) is 9.58 Å². The predicted molar refractivity (Wildman–Crippen MR) is 58.5 cm³/mol. The zero-order chi connectivity index (χ0) is 10.9. The fourth-order valence-corrected chi connectivity index (χ4v) is 1.93. The second-order valence-electron chi connectivity index (χ2n) is 4.74. The average molecular weight is 209 g/mol. The summed E-state index contributed by atoms with van der Waals surface area (Å²) < 4.78 is 1.92. The molecule has 1 fully saturated rings. The SMILES string of the molecule is CC(C)C1(O)CN(CCn2cccn2)C1. The number of β-amino-alcohol motifs (C(OH)–C–C–N with tert-alkyl or cyclic N) is 1. The Morgan fingerprint density at radius 3 is 2.67 bits per heavy atom. The van der Waals surface area contributed by atoms with Crippen molar-refractivity contribution in [2.75, 3.05) is 19.6 Å². The van der Waals surface area contributed by atoms with Crippen LogP contribution in [0.2, 0.25) is 0 Å². The lowest BCUT2D eigenvalue weighted by Crippen LogP contribution is -2.64. The zero-order valence-electron chi connectivity index (χ0n) is 9.43. The van der Waals surface area contributed by atoms with Crippen LogP contribution in [0.5, 0.6) is 0 Å². The molecule has 0 aliphatic carbocycles. The third kappa shape index (κ3) is 2.21. The highest BCUT2D eigenvalue weighted by molar-refractivity contribution is 4.97. The topological polar surface area (TPSA) is 41.3 Å². The number of nitrogens with zero attached hydrogens (tertiary/aromatic N) is 3. The largest absolute Gasteiger partial charge is 0.387 e. The van der Waals surface area contributed by atoms with E-state index in [-0.39, 0.29) is 0 Å². The zero-order valence-corrected chi connectivity index (χ0v) is 9.43. The molecule has 84 valence electrons. The minimum Gasteiger partial charge on any atom is -0.387 e. The van der Waals surface area contributed by atoms with Crippen LogP contribution in [-0.2, 0) is 6.54 Å². The van der Waals surface area contributed by atoms with Gasteiger partial charge in [-0.15, -0.1) is 0 Å². The Kier molecular flexibility index (Phi) is 2.80. The lowest BCUT2D eigenvalue weighted by Gasteiger charge is -2.49. The molecule has 0 atom stereocenters. The first kappa shape index (κ1) is 10.6. The van der Waals surface area contributed by atoms with E-state index in [0.717, 1.165) is 26.2 Å². The molecule has 0 saturated carbocycles. The first-order valence-electron chi connectivity index (χ1n) is 5.52. The number of hydrogen-bond donors (Lipinski definition) is 1. The molecule has 1 aromatic heterocycles. The van der Waals surface area contributed by atoms with E-state index in [1.165, 1.54) is 0 Å². The molecule has 1 saturated heterocycles. The molecule has 4 nitrogen and oxygen atoms in total. The van der Waals surface area contributed by atoms with Crippen LogP contribution in [0.1, 0.15) is 13.8 Å². The Morgan fingerprint density at radius 2 is 2.13 bits per heavy atom. The van der Waals surface area contributed by atoms with Crippen molar-refractivity contribution in [3.63, 3.8) is 0 Å². The third-order valence-electron chi connectivity index (χ3n) is 3.27. The molecule has 1 aliphatic rings. The number of hydrogen-bond acceptors (Lipinski definition) is 3. The van der Waals surface area contributed by atoms with Gasteiger partial charge in [0.05, 0.1) is 12.1 Å². The van der Waals surface area contributed by atoms with Crippen LogP contribution in [0.15, 0.2) is 18.5 Å². The summed E-state index contributed by atoms with van der Waals surface area (Å²) in [6, 6.07) is 1.93. The normalized spacial score (nSPS) is 20.5. The van der Waals surface area contributed by atoms with Crippen LogP contribution in [0.3, 0.4) is 0 Å². The number of rotatable bonds is 4. The first-order chi connectivity index (χ1) is 7.10. The first-order valence-corrected chi connectivity index (χ1v) is 5.52. The standard InChI is InChI=1S/C11H19N3O/c1-10(2)11(15)8-13(9-11)6-7-14-5-3-4-12-14/h3-5,10,15H,6-9H2,1-2H3. The van der Waals surface area contributed by atoms with E-state index in [0.29, 0.717) is 5.92 Å². The minimum atomic E-state index is -0.454. The van der Waals surface area contributed by atoms with Crippen molar-refractivity contribution in [3.8, 4) is 0 Å². The van der Waals surface area contributed by atoms with Gasteiger partial charge in [0, 0.05) is 32.0 Å². The Morgan fingerprint density at radius 1 is 1.40 bits per heavy atom. The Hall–Kier alpha value is -0.870. The average Bonchev–Trinajstić information content (AvgIpc) is 2.62. The molecule has 0 unspecified atom stereocenters. The number of likely N-dealkylation sites (tertiary alicyclic amines) is 1. The van der Waals surface area contributed by atoms with Crippen molar-refractivity contribution < 1.29 is 5.11 Å². The van der Waals surface area contributed by atoms with Crippen LogP contribution in [0, 0.1) is 5.92 Å². The summed E-state index contributed by atoms with van der Waals surface area (Å²) in [5.74, 6) is 0.346. The van der Waals surface area contributed by atoms with Gasteiger partial charge in [0.15, 0.2) is 0 Å². The van der Waals surface area contributed by atoms with Gasteiger partial charge in [-0.1, -0.05) is 13.8 Å². The van der Waals surface area contributed by atoms with E-state index in [4.69, 9.17) is 0 Å². The lowest BCUT2D eigenvalue weighted by atomic mass is 9.83. The Bertz CT molecular complexity index is 302. The molecule has 1 N–H and O–H groups in total. The van der Waals surface area contributed by atoms with Gasteiger partial charge in [0.1, 0.15) is 0 Å². The third-order valence-corrected chi connectivity index (χ3v) is 3.27. The molecule has 1 aliphatic heterocycles. The maximum absolute atomic E-state index is 10.1. The highest BCUT2D eigenvalue weighted by Gasteiger charge is 2.42. The van der Waals surface area contributed by atoms with Crippen LogP contribution in [-0.4, -0.2) is 45.0 Å².